The van der Waals surface area contributed by atoms with Crippen LogP contribution >= 0.6 is 11.6 Å². The summed E-state index contributed by atoms with van der Waals surface area (Å²) in [6.07, 6.45) is 0. The Morgan fingerprint density at radius 1 is 1.17 bits per heavy atom. The quantitative estimate of drug-likeness (QED) is 0.784. The number of ether oxygens (including phenoxy) is 1. The third-order valence-electron chi connectivity index (χ3n) is 5.01. The minimum absolute atomic E-state index is 0.0476. The van der Waals surface area contributed by atoms with E-state index >= 15 is 0 Å². The molecule has 2 aromatic rings. The van der Waals surface area contributed by atoms with Crippen molar-refractivity contribution >= 4 is 35.2 Å². The Hall–Kier alpha value is -3.32. The van der Waals surface area contributed by atoms with E-state index in [0.717, 1.165) is 0 Å². The Morgan fingerprint density at radius 2 is 1.86 bits per heavy atom. The SMILES string of the molecule is CN(C(=O)CN1C(=O)NC(c2ccc(Cl)cc2)C2=C1COC2=O)c1ccccc1. The van der Waals surface area contributed by atoms with Gasteiger partial charge in [0.15, 0.2) is 0 Å². The van der Waals surface area contributed by atoms with Crippen molar-refractivity contribution in [3.63, 3.8) is 0 Å². The molecule has 0 aliphatic carbocycles. The number of nitrogens with zero attached hydrogens (tertiary/aromatic N) is 2. The first-order valence-corrected chi connectivity index (χ1v) is 9.39. The lowest BCUT2D eigenvalue weighted by molar-refractivity contribution is -0.136. The Kier molecular flexibility index (Phi) is 4.98. The number of cyclic esters (lactones) is 1. The molecular weight excluding hydrogens is 394 g/mol. The Balaban J connectivity index is 1.62. The molecule has 1 atom stereocenters. The van der Waals surface area contributed by atoms with E-state index in [1.807, 2.05) is 18.2 Å². The predicted molar refractivity (Wildman–Crippen MR) is 107 cm³/mol. The molecule has 0 fully saturated rings. The van der Waals surface area contributed by atoms with Gasteiger partial charge in [-0.05, 0) is 29.8 Å². The predicted octanol–water partition coefficient (Wildman–Crippen LogP) is 2.88. The number of rotatable bonds is 4. The van der Waals surface area contributed by atoms with Crippen molar-refractivity contribution in [1.82, 2.24) is 10.2 Å². The maximum atomic E-state index is 12.8. The molecule has 0 spiro atoms. The van der Waals surface area contributed by atoms with Gasteiger partial charge < -0.3 is 15.0 Å². The first kappa shape index (κ1) is 19.0. The van der Waals surface area contributed by atoms with E-state index < -0.39 is 18.0 Å². The highest BCUT2D eigenvalue weighted by Crippen LogP contribution is 2.35. The van der Waals surface area contributed by atoms with E-state index in [0.29, 0.717) is 27.5 Å². The highest BCUT2D eigenvalue weighted by molar-refractivity contribution is 6.30. The topological polar surface area (TPSA) is 79.0 Å². The smallest absolute Gasteiger partial charge is 0.338 e. The number of hydrogen-bond acceptors (Lipinski definition) is 4. The molecule has 2 heterocycles. The molecule has 148 valence electrons. The van der Waals surface area contributed by atoms with Gasteiger partial charge in [0.1, 0.15) is 13.2 Å². The number of likely N-dealkylation sites (N-methyl/N-ethyl adjacent to an activating group) is 1. The van der Waals surface area contributed by atoms with Gasteiger partial charge >= 0.3 is 12.0 Å². The second kappa shape index (κ2) is 7.60. The van der Waals surface area contributed by atoms with Crippen molar-refractivity contribution in [2.75, 3.05) is 25.1 Å². The van der Waals surface area contributed by atoms with Crippen LogP contribution in [0.2, 0.25) is 5.02 Å². The van der Waals surface area contributed by atoms with Crippen molar-refractivity contribution in [3.8, 4) is 0 Å². The summed E-state index contributed by atoms with van der Waals surface area (Å²) >= 11 is 5.94. The number of esters is 1. The minimum Gasteiger partial charge on any atom is -0.456 e. The molecule has 0 saturated carbocycles. The van der Waals surface area contributed by atoms with Crippen LogP contribution in [0.1, 0.15) is 11.6 Å². The maximum Gasteiger partial charge on any atom is 0.338 e. The van der Waals surface area contributed by atoms with Gasteiger partial charge in [-0.25, -0.2) is 9.59 Å². The van der Waals surface area contributed by atoms with Gasteiger partial charge in [-0.15, -0.1) is 0 Å². The van der Waals surface area contributed by atoms with Gasteiger partial charge in [0, 0.05) is 17.8 Å². The van der Waals surface area contributed by atoms with E-state index in [-0.39, 0.29) is 19.1 Å². The lowest BCUT2D eigenvalue weighted by Gasteiger charge is -2.33. The molecule has 3 amide bonds. The van der Waals surface area contributed by atoms with Crippen molar-refractivity contribution < 1.29 is 19.1 Å². The molecule has 1 unspecified atom stereocenters. The third-order valence-corrected chi connectivity index (χ3v) is 5.26. The second-order valence-electron chi connectivity index (χ2n) is 6.75. The van der Waals surface area contributed by atoms with Gasteiger partial charge in [0.25, 0.3) is 0 Å². The number of halogens is 1. The van der Waals surface area contributed by atoms with E-state index in [4.69, 9.17) is 16.3 Å². The summed E-state index contributed by atoms with van der Waals surface area (Å²) in [4.78, 5) is 40.7. The highest BCUT2D eigenvalue weighted by Gasteiger charge is 2.42. The zero-order valence-electron chi connectivity index (χ0n) is 15.6. The van der Waals surface area contributed by atoms with Crippen LogP contribution in [-0.2, 0) is 14.3 Å². The van der Waals surface area contributed by atoms with E-state index in [9.17, 15) is 14.4 Å². The zero-order chi connectivity index (χ0) is 20.5. The average molecular weight is 412 g/mol. The summed E-state index contributed by atoms with van der Waals surface area (Å²) in [6, 6.07) is 14.9. The average Bonchev–Trinajstić information content (AvgIpc) is 3.12. The standard InChI is InChI=1S/C21H18ClN3O4/c1-24(15-5-3-2-4-6-15)17(26)11-25-16-12-29-20(27)18(16)19(23-21(25)28)13-7-9-14(22)10-8-13/h2-10,19H,11-12H2,1H3,(H,23,28). The number of para-hydroxylation sites is 1. The Bertz CT molecular complexity index is 1000. The van der Waals surface area contributed by atoms with Crippen molar-refractivity contribution in [1.29, 1.82) is 0 Å². The van der Waals surface area contributed by atoms with Crippen LogP contribution in [0.25, 0.3) is 0 Å². The lowest BCUT2D eigenvalue weighted by Crippen LogP contribution is -2.50. The molecule has 0 aromatic heterocycles. The largest absolute Gasteiger partial charge is 0.456 e. The molecule has 2 aromatic carbocycles. The number of urea groups is 1. The van der Waals surface area contributed by atoms with E-state index in [2.05, 4.69) is 5.32 Å². The molecule has 0 radical (unpaired) electrons. The molecule has 8 heteroatoms. The fourth-order valence-electron chi connectivity index (χ4n) is 3.42. The fraction of sp³-hybridized carbons (Fsp3) is 0.190. The number of carbonyl (C=O) groups excluding carboxylic acids is 3. The van der Waals surface area contributed by atoms with Crippen LogP contribution in [-0.4, -0.2) is 43.0 Å². The molecule has 0 saturated heterocycles. The minimum atomic E-state index is -0.650. The summed E-state index contributed by atoms with van der Waals surface area (Å²) in [5.41, 5.74) is 2.17. The van der Waals surface area contributed by atoms with Gasteiger partial charge in [-0.1, -0.05) is 41.9 Å². The fourth-order valence-corrected chi connectivity index (χ4v) is 3.55. The van der Waals surface area contributed by atoms with Crippen molar-refractivity contribution in [2.45, 2.75) is 6.04 Å². The molecule has 4 rings (SSSR count). The van der Waals surface area contributed by atoms with Gasteiger partial charge in [-0.3, -0.25) is 9.69 Å². The molecular formula is C21H18ClN3O4. The molecule has 2 aliphatic rings. The third kappa shape index (κ3) is 3.56. The van der Waals surface area contributed by atoms with E-state index in [1.54, 1.807) is 43.4 Å². The van der Waals surface area contributed by atoms with Crippen LogP contribution in [0, 0.1) is 0 Å². The summed E-state index contributed by atoms with van der Waals surface area (Å²) < 4.78 is 5.18. The summed E-state index contributed by atoms with van der Waals surface area (Å²) in [5.74, 6) is -0.795. The molecule has 0 bridgehead atoms. The number of nitrogens with one attached hydrogen (secondary N) is 1. The maximum absolute atomic E-state index is 12.8. The molecule has 29 heavy (non-hydrogen) atoms. The number of benzene rings is 2. The van der Waals surface area contributed by atoms with Gasteiger partial charge in [-0.2, -0.15) is 0 Å². The van der Waals surface area contributed by atoms with E-state index in [1.165, 1.54) is 9.80 Å². The van der Waals surface area contributed by atoms with Crippen LogP contribution in [0.5, 0.6) is 0 Å². The summed E-state index contributed by atoms with van der Waals surface area (Å²) in [5, 5.41) is 3.35. The zero-order valence-corrected chi connectivity index (χ0v) is 16.3. The highest BCUT2D eigenvalue weighted by atomic mass is 35.5. The monoisotopic (exact) mass is 411 g/mol. The van der Waals surface area contributed by atoms with Gasteiger partial charge in [0.2, 0.25) is 5.91 Å². The van der Waals surface area contributed by atoms with Crippen LogP contribution in [0.3, 0.4) is 0 Å². The number of carbonyl (C=O) groups is 3. The molecule has 1 N–H and O–H groups in total. The molecule has 2 aliphatic heterocycles. The number of amides is 3. The van der Waals surface area contributed by atoms with Crippen LogP contribution in [0.4, 0.5) is 10.5 Å². The summed E-state index contributed by atoms with van der Waals surface area (Å²) in [7, 11) is 1.64. The van der Waals surface area contributed by atoms with Crippen molar-refractivity contribution in [2.24, 2.45) is 0 Å². The first-order valence-electron chi connectivity index (χ1n) is 9.01. The normalized spacial score (nSPS) is 18.3. The Morgan fingerprint density at radius 3 is 2.55 bits per heavy atom. The summed E-state index contributed by atoms with van der Waals surface area (Å²) in [6.45, 7) is -0.256. The molecule has 7 nitrogen and oxygen atoms in total. The van der Waals surface area contributed by atoms with Crippen molar-refractivity contribution in [3.05, 3.63) is 76.5 Å². The second-order valence-corrected chi connectivity index (χ2v) is 7.18. The van der Waals surface area contributed by atoms with Gasteiger partial charge in [0.05, 0.1) is 17.3 Å². The first-order chi connectivity index (χ1) is 14.0. The number of hydrogen-bond donors (Lipinski definition) is 1. The number of anilines is 1. The van der Waals surface area contributed by atoms with Crippen LogP contribution < -0.4 is 10.2 Å². The Labute approximate surface area is 172 Å². The van der Waals surface area contributed by atoms with Crippen LogP contribution in [0.15, 0.2) is 65.9 Å². The lowest BCUT2D eigenvalue weighted by atomic mass is 9.96.